The van der Waals surface area contributed by atoms with E-state index in [9.17, 15) is 9.59 Å². The molecule has 0 aliphatic heterocycles. The Morgan fingerprint density at radius 1 is 1.17 bits per heavy atom. The highest BCUT2D eigenvalue weighted by Gasteiger charge is 2.09. The summed E-state index contributed by atoms with van der Waals surface area (Å²) in [5.41, 5.74) is 2.22. The Kier molecular flexibility index (Phi) is 6.90. The Morgan fingerprint density at radius 3 is 2.63 bits per heavy atom. The second-order valence-electron chi connectivity index (χ2n) is 6.90. The average molecular weight is 424 g/mol. The van der Waals surface area contributed by atoms with E-state index in [1.54, 1.807) is 26.3 Å². The van der Waals surface area contributed by atoms with E-state index in [4.69, 9.17) is 9.47 Å². The molecule has 1 heterocycles. The molecule has 2 aromatic carbocycles. The first-order chi connectivity index (χ1) is 14.4. The van der Waals surface area contributed by atoms with Crippen molar-refractivity contribution in [2.45, 2.75) is 20.3 Å². The molecule has 5 nitrogen and oxygen atoms in total. The van der Waals surface area contributed by atoms with Gasteiger partial charge in [-0.1, -0.05) is 37.3 Å². The van der Waals surface area contributed by atoms with Crippen LogP contribution in [0.4, 0.5) is 0 Å². The van der Waals surface area contributed by atoms with Crippen LogP contribution in [-0.4, -0.2) is 24.1 Å². The maximum absolute atomic E-state index is 12.7. The van der Waals surface area contributed by atoms with E-state index in [0.717, 1.165) is 17.5 Å². The molecule has 0 fully saturated rings. The van der Waals surface area contributed by atoms with Crippen LogP contribution in [-0.2, 0) is 7.05 Å². The van der Waals surface area contributed by atoms with E-state index in [2.05, 4.69) is 0 Å². The van der Waals surface area contributed by atoms with Crippen molar-refractivity contribution in [3.8, 4) is 11.5 Å². The van der Waals surface area contributed by atoms with Crippen molar-refractivity contribution in [1.29, 1.82) is 0 Å². The summed E-state index contributed by atoms with van der Waals surface area (Å²) in [6.45, 7) is 4.55. The summed E-state index contributed by atoms with van der Waals surface area (Å²) >= 11 is 1.29. The molecule has 0 unspecified atom stereocenters. The molecule has 0 spiro atoms. The first-order valence-corrected chi connectivity index (χ1v) is 10.6. The van der Waals surface area contributed by atoms with E-state index < -0.39 is 0 Å². The van der Waals surface area contributed by atoms with E-state index in [1.165, 1.54) is 22.0 Å². The number of Topliss-reactive ketones (excluding diaryl/α,β-unsaturated/α-hetero) is 1. The van der Waals surface area contributed by atoms with Gasteiger partial charge in [0.05, 0.1) is 18.2 Å². The van der Waals surface area contributed by atoms with Crippen molar-refractivity contribution in [2.24, 2.45) is 7.05 Å². The number of hydrogen-bond acceptors (Lipinski definition) is 5. The second kappa shape index (κ2) is 9.59. The highest BCUT2D eigenvalue weighted by molar-refractivity contribution is 7.07. The van der Waals surface area contributed by atoms with Gasteiger partial charge in [0.1, 0.15) is 4.66 Å². The molecule has 156 valence electrons. The Balaban J connectivity index is 2.01. The number of carbonyl (C=O) groups is 1. The Bertz CT molecular complexity index is 1240. The van der Waals surface area contributed by atoms with Crippen LogP contribution in [0.1, 0.15) is 34.8 Å². The molecule has 30 heavy (non-hydrogen) atoms. The largest absolute Gasteiger partial charge is 0.493 e. The van der Waals surface area contributed by atoms with Crippen molar-refractivity contribution in [3.05, 3.63) is 78.7 Å². The molecule has 1 aromatic heterocycles. The van der Waals surface area contributed by atoms with E-state index in [-0.39, 0.29) is 11.3 Å². The van der Waals surface area contributed by atoms with E-state index >= 15 is 0 Å². The lowest BCUT2D eigenvalue weighted by Crippen LogP contribution is -2.29. The van der Waals surface area contributed by atoms with Crippen molar-refractivity contribution in [3.63, 3.8) is 0 Å². The predicted molar refractivity (Wildman–Crippen MR) is 121 cm³/mol. The summed E-state index contributed by atoms with van der Waals surface area (Å²) in [5, 5.41) is 0. The number of rotatable bonds is 7. The third-order valence-corrected chi connectivity index (χ3v) is 5.79. The van der Waals surface area contributed by atoms with Gasteiger partial charge in [-0.2, -0.15) is 0 Å². The van der Waals surface area contributed by atoms with Crippen molar-refractivity contribution < 1.29 is 14.3 Å². The minimum atomic E-state index is -0.144. The Hall–Kier alpha value is -3.12. The van der Waals surface area contributed by atoms with Gasteiger partial charge < -0.3 is 14.0 Å². The average Bonchev–Trinajstić information content (AvgIpc) is 3.00. The Labute approximate surface area is 179 Å². The zero-order chi connectivity index (χ0) is 21.7. The normalized spacial score (nSPS) is 12.3. The van der Waals surface area contributed by atoms with E-state index in [0.29, 0.717) is 32.9 Å². The minimum Gasteiger partial charge on any atom is -0.493 e. The predicted octanol–water partition coefficient (Wildman–Crippen LogP) is 3.04. The molecule has 0 radical (unpaired) electrons. The van der Waals surface area contributed by atoms with Gasteiger partial charge in [0, 0.05) is 18.7 Å². The lowest BCUT2D eigenvalue weighted by atomic mass is 10.1. The highest BCUT2D eigenvalue weighted by Crippen LogP contribution is 2.28. The van der Waals surface area contributed by atoms with Crippen LogP contribution >= 0.6 is 11.3 Å². The zero-order valence-corrected chi connectivity index (χ0v) is 18.4. The monoisotopic (exact) mass is 423 g/mol. The SMILES string of the molecule is CCCOc1ccc(/C=c2\s/c(=C\C(=O)c3ccccc3C)n(C)c2=O)cc1OC. The van der Waals surface area contributed by atoms with Crippen LogP contribution in [0.5, 0.6) is 11.5 Å². The van der Waals surface area contributed by atoms with Crippen LogP contribution in [0, 0.1) is 6.92 Å². The molecule has 0 N–H and O–H groups in total. The molecule has 0 aliphatic carbocycles. The smallest absolute Gasteiger partial charge is 0.268 e. The van der Waals surface area contributed by atoms with Crippen molar-refractivity contribution in [2.75, 3.05) is 13.7 Å². The highest BCUT2D eigenvalue weighted by atomic mass is 32.1. The molecule has 3 aromatic rings. The van der Waals surface area contributed by atoms with Gasteiger partial charge in [-0.3, -0.25) is 9.59 Å². The van der Waals surface area contributed by atoms with Crippen LogP contribution in [0.25, 0.3) is 12.2 Å². The summed E-state index contributed by atoms with van der Waals surface area (Å²) in [4.78, 5) is 25.4. The molecule has 6 heteroatoms. The molecular weight excluding hydrogens is 398 g/mol. The lowest BCUT2D eigenvalue weighted by molar-refractivity contribution is 0.106. The van der Waals surface area contributed by atoms with Gasteiger partial charge >= 0.3 is 0 Å². The standard InChI is InChI=1S/C24H25NO4S/c1-5-12-29-20-11-10-17(13-21(20)28-4)14-22-24(27)25(3)23(30-22)15-19(26)18-9-7-6-8-16(18)2/h6-11,13-15H,5,12H2,1-4H3/b22-14-,23-15-. The third kappa shape index (κ3) is 4.71. The number of thiazole rings is 1. The molecule has 0 atom stereocenters. The fourth-order valence-electron chi connectivity index (χ4n) is 3.00. The van der Waals surface area contributed by atoms with Gasteiger partial charge in [0.25, 0.3) is 5.56 Å². The van der Waals surface area contributed by atoms with Crippen LogP contribution in [0.2, 0.25) is 0 Å². The summed E-state index contributed by atoms with van der Waals surface area (Å²) < 4.78 is 13.8. The number of carbonyl (C=O) groups excluding carboxylic acids is 1. The first kappa shape index (κ1) is 21.6. The topological polar surface area (TPSA) is 57.5 Å². The summed E-state index contributed by atoms with van der Waals surface area (Å²) in [5.74, 6) is 1.18. The number of benzene rings is 2. The number of aromatic nitrogens is 1. The van der Waals surface area contributed by atoms with Crippen LogP contribution in [0.3, 0.4) is 0 Å². The maximum Gasteiger partial charge on any atom is 0.268 e. The third-order valence-electron chi connectivity index (χ3n) is 4.67. The van der Waals surface area contributed by atoms with Crippen LogP contribution < -0.4 is 24.2 Å². The van der Waals surface area contributed by atoms with Gasteiger partial charge in [-0.15, -0.1) is 11.3 Å². The Morgan fingerprint density at radius 2 is 1.93 bits per heavy atom. The van der Waals surface area contributed by atoms with Crippen LogP contribution in [0.15, 0.2) is 47.3 Å². The molecular formula is C24H25NO4S. The number of ketones is 1. The summed E-state index contributed by atoms with van der Waals surface area (Å²) in [7, 11) is 3.27. The molecule has 0 bridgehead atoms. The quantitative estimate of drug-likeness (QED) is 0.548. The van der Waals surface area contributed by atoms with Gasteiger partial charge in [0.15, 0.2) is 17.3 Å². The number of aryl methyl sites for hydroxylation is 1. The molecule has 0 saturated carbocycles. The second-order valence-corrected chi connectivity index (χ2v) is 7.96. The molecule has 0 amide bonds. The van der Waals surface area contributed by atoms with Gasteiger partial charge in [-0.05, 0) is 42.7 Å². The zero-order valence-electron chi connectivity index (χ0n) is 17.6. The fraction of sp³-hybridized carbons (Fsp3) is 0.250. The summed E-state index contributed by atoms with van der Waals surface area (Å²) in [6, 6.07) is 13.0. The number of hydrogen-bond donors (Lipinski definition) is 0. The number of ether oxygens (including phenoxy) is 2. The minimum absolute atomic E-state index is 0.115. The number of nitrogens with zero attached hydrogens (tertiary/aromatic N) is 1. The number of methoxy groups -OCH3 is 1. The lowest BCUT2D eigenvalue weighted by Gasteiger charge is -2.10. The molecule has 0 aliphatic rings. The fourth-order valence-corrected chi connectivity index (χ4v) is 4.03. The van der Waals surface area contributed by atoms with Crippen molar-refractivity contribution >= 4 is 29.3 Å². The summed E-state index contributed by atoms with van der Waals surface area (Å²) in [6.07, 6.45) is 4.23. The van der Waals surface area contributed by atoms with Gasteiger partial charge in [0.2, 0.25) is 0 Å². The first-order valence-electron chi connectivity index (χ1n) is 9.74. The maximum atomic E-state index is 12.7. The van der Waals surface area contributed by atoms with Crippen molar-refractivity contribution in [1.82, 2.24) is 4.57 Å². The van der Waals surface area contributed by atoms with E-state index in [1.807, 2.05) is 50.2 Å². The van der Waals surface area contributed by atoms with Gasteiger partial charge in [-0.25, -0.2) is 0 Å². The molecule has 0 saturated heterocycles. The molecule has 3 rings (SSSR count).